The first-order chi connectivity index (χ1) is 12.7. The number of furan rings is 1. The van der Waals surface area contributed by atoms with Gasteiger partial charge in [-0.05, 0) is 55.8 Å². The maximum atomic E-state index is 6.06. The van der Waals surface area contributed by atoms with Gasteiger partial charge in [-0.25, -0.2) is 0 Å². The molecule has 134 valence electrons. The molecule has 0 radical (unpaired) electrons. The van der Waals surface area contributed by atoms with Gasteiger partial charge in [0.1, 0.15) is 23.7 Å². The minimum Gasteiger partial charge on any atom is -0.499 e. The van der Waals surface area contributed by atoms with E-state index in [1.807, 2.05) is 44.2 Å². The Morgan fingerprint density at radius 2 is 2.08 bits per heavy atom. The highest BCUT2D eigenvalue weighted by Gasteiger charge is 2.19. The van der Waals surface area contributed by atoms with Gasteiger partial charge in [0, 0.05) is 5.39 Å². The minimum atomic E-state index is 0.682. The second-order valence-electron chi connectivity index (χ2n) is 6.44. The molecule has 3 aromatic rings. The molecular formula is C22H23NO3. The van der Waals surface area contributed by atoms with Gasteiger partial charge in [0.15, 0.2) is 0 Å². The molecule has 1 aliphatic heterocycles. The summed E-state index contributed by atoms with van der Waals surface area (Å²) in [6, 6.07) is 16.5. The van der Waals surface area contributed by atoms with Gasteiger partial charge in [-0.15, -0.1) is 0 Å². The van der Waals surface area contributed by atoms with Gasteiger partial charge in [0.2, 0.25) is 0 Å². The maximum absolute atomic E-state index is 6.06. The number of benzene rings is 2. The van der Waals surface area contributed by atoms with Crippen LogP contribution in [-0.2, 0) is 11.3 Å². The Hall–Kier alpha value is -2.88. The van der Waals surface area contributed by atoms with E-state index in [-0.39, 0.29) is 0 Å². The summed E-state index contributed by atoms with van der Waals surface area (Å²) in [5.74, 6) is 2.81. The van der Waals surface area contributed by atoms with Crippen molar-refractivity contribution in [3.63, 3.8) is 0 Å². The van der Waals surface area contributed by atoms with E-state index in [1.54, 1.807) is 0 Å². The summed E-state index contributed by atoms with van der Waals surface area (Å²) in [7, 11) is 0. The van der Waals surface area contributed by atoms with Crippen molar-refractivity contribution in [3.05, 3.63) is 65.6 Å². The van der Waals surface area contributed by atoms with Crippen molar-refractivity contribution in [2.75, 3.05) is 24.7 Å². The van der Waals surface area contributed by atoms with Gasteiger partial charge in [-0.1, -0.05) is 18.2 Å². The van der Waals surface area contributed by atoms with Crippen LogP contribution in [0.3, 0.4) is 0 Å². The predicted octanol–water partition coefficient (Wildman–Crippen LogP) is 5.23. The lowest BCUT2D eigenvalue weighted by Gasteiger charge is -2.30. The smallest absolute Gasteiger partial charge is 0.142 e. The molecule has 4 nitrogen and oxygen atoms in total. The van der Waals surface area contributed by atoms with E-state index >= 15 is 0 Å². The number of hydrogen-bond donors (Lipinski definition) is 0. The average Bonchev–Trinajstić information content (AvgIpc) is 3.04. The molecule has 1 aromatic heterocycles. The fourth-order valence-corrected chi connectivity index (χ4v) is 3.37. The fraction of sp³-hybridized carbons (Fsp3) is 0.273. The molecule has 2 heterocycles. The van der Waals surface area contributed by atoms with Crippen LogP contribution in [0.1, 0.15) is 25.2 Å². The van der Waals surface area contributed by atoms with Gasteiger partial charge in [0.25, 0.3) is 0 Å². The number of anilines is 1. The van der Waals surface area contributed by atoms with Crippen molar-refractivity contribution in [2.45, 2.75) is 20.4 Å². The first-order valence-corrected chi connectivity index (χ1v) is 9.03. The zero-order chi connectivity index (χ0) is 17.9. The number of allylic oxidation sites excluding steroid dienone is 1. The Kier molecular flexibility index (Phi) is 4.57. The lowest BCUT2D eigenvalue weighted by molar-refractivity contribution is 0.235. The van der Waals surface area contributed by atoms with E-state index < -0.39 is 0 Å². The van der Waals surface area contributed by atoms with Gasteiger partial charge in [0.05, 0.1) is 31.1 Å². The highest BCUT2D eigenvalue weighted by Crippen LogP contribution is 2.33. The highest BCUT2D eigenvalue weighted by molar-refractivity contribution is 5.81. The Labute approximate surface area is 153 Å². The molecule has 0 aliphatic carbocycles. The van der Waals surface area contributed by atoms with Crippen LogP contribution in [0.5, 0.6) is 5.75 Å². The number of para-hydroxylation sites is 2. The number of hydrogen-bond acceptors (Lipinski definition) is 4. The first kappa shape index (κ1) is 16.6. The van der Waals surface area contributed by atoms with E-state index in [0.717, 1.165) is 52.6 Å². The molecule has 26 heavy (non-hydrogen) atoms. The Bertz CT molecular complexity index is 941. The average molecular weight is 349 g/mol. The normalized spacial score (nSPS) is 14.2. The van der Waals surface area contributed by atoms with Gasteiger partial charge in [-0.2, -0.15) is 0 Å². The summed E-state index contributed by atoms with van der Waals surface area (Å²) in [6.07, 6.45) is 2.05. The zero-order valence-electron chi connectivity index (χ0n) is 15.2. The number of ether oxygens (including phenoxy) is 2. The molecule has 0 spiro atoms. The first-order valence-electron chi connectivity index (χ1n) is 9.03. The zero-order valence-corrected chi connectivity index (χ0v) is 15.2. The van der Waals surface area contributed by atoms with Crippen molar-refractivity contribution in [2.24, 2.45) is 0 Å². The third kappa shape index (κ3) is 3.40. The highest BCUT2D eigenvalue weighted by atomic mass is 16.5. The van der Waals surface area contributed by atoms with Crippen LogP contribution in [0, 0.1) is 0 Å². The molecule has 0 saturated heterocycles. The molecule has 0 saturated carbocycles. The largest absolute Gasteiger partial charge is 0.499 e. The Balaban J connectivity index is 1.58. The van der Waals surface area contributed by atoms with Gasteiger partial charge >= 0.3 is 0 Å². The monoisotopic (exact) mass is 349 g/mol. The van der Waals surface area contributed by atoms with Crippen LogP contribution in [0.25, 0.3) is 17.0 Å². The van der Waals surface area contributed by atoms with Crippen molar-refractivity contribution < 1.29 is 13.9 Å². The van der Waals surface area contributed by atoms with Crippen LogP contribution in [-0.4, -0.2) is 19.8 Å². The summed E-state index contributed by atoms with van der Waals surface area (Å²) in [5.41, 5.74) is 3.15. The van der Waals surface area contributed by atoms with E-state index in [1.165, 1.54) is 0 Å². The quantitative estimate of drug-likeness (QED) is 0.591. The summed E-state index contributed by atoms with van der Waals surface area (Å²) in [4.78, 5) is 2.30. The van der Waals surface area contributed by atoms with Crippen LogP contribution >= 0.6 is 0 Å². The summed E-state index contributed by atoms with van der Waals surface area (Å²) in [6.45, 7) is 6.94. The Morgan fingerprint density at radius 1 is 1.19 bits per heavy atom. The van der Waals surface area contributed by atoms with Crippen LogP contribution in [0.4, 0.5) is 5.69 Å². The molecule has 0 N–H and O–H groups in total. The van der Waals surface area contributed by atoms with Crippen molar-refractivity contribution in [1.29, 1.82) is 0 Å². The second kappa shape index (κ2) is 7.16. The van der Waals surface area contributed by atoms with Crippen LogP contribution in [0.15, 0.2) is 58.7 Å². The predicted molar refractivity (Wildman–Crippen MR) is 104 cm³/mol. The van der Waals surface area contributed by atoms with Gasteiger partial charge in [-0.3, -0.25) is 0 Å². The molecule has 0 unspecified atom stereocenters. The summed E-state index contributed by atoms with van der Waals surface area (Å²) < 4.78 is 17.3. The standard InChI is InChI=1S/C22H23NO3/c1-3-24-16(2)12-17-8-9-21-18(13-17)14-19(26-21)15-23-10-11-25-22-7-5-4-6-20(22)23/h4-9,12-14H,3,10-11,15H2,1-2H3/b16-12-. The molecule has 0 atom stereocenters. The Morgan fingerprint density at radius 3 is 2.96 bits per heavy atom. The molecular weight excluding hydrogens is 326 g/mol. The molecule has 2 aromatic carbocycles. The third-order valence-electron chi connectivity index (χ3n) is 4.50. The van der Waals surface area contributed by atoms with Crippen LogP contribution in [0.2, 0.25) is 0 Å². The van der Waals surface area contributed by atoms with E-state index in [0.29, 0.717) is 13.2 Å². The molecule has 4 rings (SSSR count). The second-order valence-corrected chi connectivity index (χ2v) is 6.44. The van der Waals surface area contributed by atoms with E-state index in [2.05, 4.69) is 29.2 Å². The van der Waals surface area contributed by atoms with E-state index in [4.69, 9.17) is 13.9 Å². The third-order valence-corrected chi connectivity index (χ3v) is 4.50. The molecule has 0 amide bonds. The summed E-state index contributed by atoms with van der Waals surface area (Å²) >= 11 is 0. The molecule has 0 bridgehead atoms. The van der Waals surface area contributed by atoms with Crippen molar-refractivity contribution >= 4 is 22.7 Å². The maximum Gasteiger partial charge on any atom is 0.142 e. The summed E-state index contributed by atoms with van der Waals surface area (Å²) in [5, 5.41) is 1.11. The number of rotatable bonds is 5. The van der Waals surface area contributed by atoms with Gasteiger partial charge < -0.3 is 18.8 Å². The SMILES string of the molecule is CCO/C(C)=C\c1ccc2oc(CN3CCOc4ccccc43)cc2c1. The van der Waals surface area contributed by atoms with Crippen LogP contribution < -0.4 is 9.64 Å². The molecule has 0 fully saturated rings. The minimum absolute atomic E-state index is 0.682. The van der Waals surface area contributed by atoms with Crippen molar-refractivity contribution in [1.82, 2.24) is 0 Å². The molecule has 1 aliphatic rings. The van der Waals surface area contributed by atoms with E-state index in [9.17, 15) is 0 Å². The topological polar surface area (TPSA) is 34.8 Å². The lowest BCUT2D eigenvalue weighted by Crippen LogP contribution is -2.31. The molecule has 4 heteroatoms. The lowest BCUT2D eigenvalue weighted by atomic mass is 10.1. The number of nitrogens with zero attached hydrogens (tertiary/aromatic N) is 1. The van der Waals surface area contributed by atoms with Crippen molar-refractivity contribution in [3.8, 4) is 5.75 Å². The number of fused-ring (bicyclic) bond motifs is 2. The fourth-order valence-electron chi connectivity index (χ4n) is 3.37.